The van der Waals surface area contributed by atoms with Crippen LogP contribution in [0.5, 0.6) is 0 Å². The molecule has 0 N–H and O–H groups in total. The average Bonchev–Trinajstić information content (AvgIpc) is 2.60. The Labute approximate surface area is 144 Å². The molecule has 0 aliphatic carbocycles. The topological polar surface area (TPSA) is 86.5 Å². The van der Waals surface area contributed by atoms with Gasteiger partial charge >= 0.3 is 5.97 Å². The first-order chi connectivity index (χ1) is 11.8. The van der Waals surface area contributed by atoms with E-state index in [1.165, 1.54) is 12.1 Å². The third-order valence-electron chi connectivity index (χ3n) is 3.17. The van der Waals surface area contributed by atoms with Crippen LogP contribution in [0.15, 0.2) is 41.3 Å². The van der Waals surface area contributed by atoms with E-state index in [1.54, 1.807) is 6.26 Å². The highest BCUT2D eigenvalue weighted by Gasteiger charge is 2.20. The van der Waals surface area contributed by atoms with Crippen molar-refractivity contribution in [3.05, 3.63) is 69.3 Å². The number of hydrogen-bond acceptors (Lipinski definition) is 6. The standard InChI is InChI=1S/C16H11F2NO5S/c1-25-15-5-2-9(6-13(15)19(22)23)16(21)24-8-14(20)11-7-10(17)3-4-12(11)18/h2-7H,8H2,1H3. The van der Waals surface area contributed by atoms with Crippen molar-refractivity contribution in [1.29, 1.82) is 0 Å². The molecule has 0 atom stereocenters. The average molecular weight is 367 g/mol. The summed E-state index contributed by atoms with van der Waals surface area (Å²) < 4.78 is 31.3. The quantitative estimate of drug-likeness (QED) is 0.255. The number of esters is 1. The Morgan fingerprint density at radius 1 is 1.20 bits per heavy atom. The third kappa shape index (κ3) is 4.38. The molecule has 0 spiro atoms. The molecule has 130 valence electrons. The molecule has 9 heteroatoms. The van der Waals surface area contributed by atoms with E-state index in [0.29, 0.717) is 11.0 Å². The first kappa shape index (κ1) is 18.5. The smallest absolute Gasteiger partial charge is 0.338 e. The summed E-state index contributed by atoms with van der Waals surface area (Å²) in [5.41, 5.74) is -0.946. The first-order valence-corrected chi connectivity index (χ1v) is 8.03. The number of rotatable bonds is 6. The Kier molecular flexibility index (Phi) is 5.81. The number of Topliss-reactive ketones (excluding diaryl/α,β-unsaturated/α-hetero) is 1. The zero-order valence-electron chi connectivity index (χ0n) is 12.8. The van der Waals surface area contributed by atoms with Crippen molar-refractivity contribution < 1.29 is 28.0 Å². The van der Waals surface area contributed by atoms with Gasteiger partial charge in [-0.15, -0.1) is 11.8 Å². The van der Waals surface area contributed by atoms with Gasteiger partial charge in [-0.25, -0.2) is 13.6 Å². The van der Waals surface area contributed by atoms with E-state index in [2.05, 4.69) is 0 Å². The molecule has 2 aromatic carbocycles. The minimum Gasteiger partial charge on any atom is -0.454 e. The van der Waals surface area contributed by atoms with Crippen LogP contribution in [0.2, 0.25) is 0 Å². The van der Waals surface area contributed by atoms with E-state index >= 15 is 0 Å². The van der Waals surface area contributed by atoms with E-state index in [0.717, 1.165) is 30.0 Å². The van der Waals surface area contributed by atoms with Crippen molar-refractivity contribution in [3.63, 3.8) is 0 Å². The summed E-state index contributed by atoms with van der Waals surface area (Å²) in [6, 6.07) is 6.06. The number of carbonyl (C=O) groups excluding carboxylic acids is 2. The molecule has 0 aliphatic rings. The number of nitro groups is 1. The molecule has 2 aromatic rings. The monoisotopic (exact) mass is 367 g/mol. The molecule has 2 rings (SSSR count). The largest absolute Gasteiger partial charge is 0.454 e. The predicted molar refractivity (Wildman–Crippen MR) is 85.8 cm³/mol. The number of thioether (sulfide) groups is 1. The van der Waals surface area contributed by atoms with Crippen LogP contribution < -0.4 is 0 Å². The highest BCUT2D eigenvalue weighted by Crippen LogP contribution is 2.28. The molecular weight excluding hydrogens is 356 g/mol. The molecular formula is C16H11F2NO5S. The number of hydrogen-bond donors (Lipinski definition) is 0. The maximum Gasteiger partial charge on any atom is 0.338 e. The van der Waals surface area contributed by atoms with Crippen LogP contribution in [-0.2, 0) is 4.74 Å². The van der Waals surface area contributed by atoms with Crippen LogP contribution >= 0.6 is 11.8 Å². The highest BCUT2D eigenvalue weighted by molar-refractivity contribution is 7.98. The van der Waals surface area contributed by atoms with Crippen molar-refractivity contribution in [2.24, 2.45) is 0 Å². The van der Waals surface area contributed by atoms with Gasteiger partial charge < -0.3 is 4.74 Å². The Balaban J connectivity index is 2.12. The highest BCUT2D eigenvalue weighted by atomic mass is 32.2. The van der Waals surface area contributed by atoms with Gasteiger partial charge in [0.2, 0.25) is 5.78 Å². The van der Waals surface area contributed by atoms with Crippen molar-refractivity contribution in [2.45, 2.75) is 4.90 Å². The van der Waals surface area contributed by atoms with Crippen LogP contribution in [-0.4, -0.2) is 29.5 Å². The molecule has 0 fully saturated rings. The Hall–Kier alpha value is -2.81. The Bertz CT molecular complexity index is 856. The van der Waals surface area contributed by atoms with Gasteiger partial charge in [-0.1, -0.05) is 0 Å². The summed E-state index contributed by atoms with van der Waals surface area (Å²) >= 11 is 1.14. The number of ketones is 1. The normalized spacial score (nSPS) is 10.4. The molecule has 0 unspecified atom stereocenters. The van der Waals surface area contributed by atoms with Crippen molar-refractivity contribution >= 4 is 29.2 Å². The third-order valence-corrected chi connectivity index (χ3v) is 3.96. The summed E-state index contributed by atoms with van der Waals surface area (Å²) in [5, 5.41) is 11.0. The Morgan fingerprint density at radius 2 is 1.92 bits per heavy atom. The molecule has 0 aliphatic heterocycles. The van der Waals surface area contributed by atoms with Gasteiger partial charge in [0.05, 0.1) is 20.9 Å². The SMILES string of the molecule is CSc1ccc(C(=O)OCC(=O)c2cc(F)ccc2F)cc1[N+](=O)[O-]. The number of carbonyl (C=O) groups is 2. The van der Waals surface area contributed by atoms with Gasteiger partial charge in [0.1, 0.15) is 11.6 Å². The second-order valence-electron chi connectivity index (χ2n) is 4.77. The van der Waals surface area contributed by atoms with Crippen LogP contribution in [0, 0.1) is 21.7 Å². The molecule has 0 saturated carbocycles. The van der Waals surface area contributed by atoms with Crippen molar-refractivity contribution in [1.82, 2.24) is 0 Å². The van der Waals surface area contributed by atoms with Gasteiger partial charge in [0, 0.05) is 6.07 Å². The van der Waals surface area contributed by atoms with Gasteiger partial charge in [-0.05, 0) is 36.6 Å². The summed E-state index contributed by atoms with van der Waals surface area (Å²) in [6.07, 6.45) is 1.65. The molecule has 0 aromatic heterocycles. The van der Waals surface area contributed by atoms with E-state index < -0.39 is 40.5 Å². The maximum atomic E-state index is 13.5. The lowest BCUT2D eigenvalue weighted by Crippen LogP contribution is -2.15. The lowest BCUT2D eigenvalue weighted by Gasteiger charge is -2.06. The summed E-state index contributed by atoms with van der Waals surface area (Å²) in [4.78, 5) is 34.5. The van der Waals surface area contributed by atoms with Crippen molar-refractivity contribution in [3.8, 4) is 0 Å². The number of nitro benzene ring substituents is 1. The van der Waals surface area contributed by atoms with Crippen molar-refractivity contribution in [2.75, 3.05) is 12.9 Å². The van der Waals surface area contributed by atoms with Gasteiger partial charge in [-0.2, -0.15) is 0 Å². The lowest BCUT2D eigenvalue weighted by molar-refractivity contribution is -0.387. The van der Waals surface area contributed by atoms with Crippen LogP contribution in [0.1, 0.15) is 20.7 Å². The van der Waals surface area contributed by atoms with Gasteiger partial charge in [-0.3, -0.25) is 14.9 Å². The number of halogens is 2. The fraction of sp³-hybridized carbons (Fsp3) is 0.125. The first-order valence-electron chi connectivity index (χ1n) is 6.81. The Morgan fingerprint density at radius 3 is 2.56 bits per heavy atom. The molecule has 0 heterocycles. The zero-order valence-corrected chi connectivity index (χ0v) is 13.6. The fourth-order valence-electron chi connectivity index (χ4n) is 1.96. The van der Waals surface area contributed by atoms with E-state index in [9.17, 15) is 28.5 Å². The van der Waals surface area contributed by atoms with Crippen LogP contribution in [0.3, 0.4) is 0 Å². The van der Waals surface area contributed by atoms with E-state index in [-0.39, 0.29) is 11.3 Å². The number of nitrogens with zero attached hydrogens (tertiary/aromatic N) is 1. The van der Waals surface area contributed by atoms with Gasteiger partial charge in [0.25, 0.3) is 5.69 Å². The molecule has 0 radical (unpaired) electrons. The van der Waals surface area contributed by atoms with E-state index in [1.807, 2.05) is 0 Å². The maximum absolute atomic E-state index is 13.5. The number of ether oxygens (including phenoxy) is 1. The second kappa shape index (κ2) is 7.84. The number of benzene rings is 2. The summed E-state index contributed by atoms with van der Waals surface area (Å²) in [7, 11) is 0. The molecule has 25 heavy (non-hydrogen) atoms. The zero-order chi connectivity index (χ0) is 18.6. The molecule has 0 saturated heterocycles. The van der Waals surface area contributed by atoms with Gasteiger partial charge in [0.15, 0.2) is 6.61 Å². The summed E-state index contributed by atoms with van der Waals surface area (Å²) in [6.45, 7) is -0.822. The van der Waals surface area contributed by atoms with Crippen LogP contribution in [0.25, 0.3) is 0 Å². The predicted octanol–water partition coefficient (Wildman–Crippen LogP) is 3.63. The summed E-state index contributed by atoms with van der Waals surface area (Å²) in [5.74, 6) is -3.66. The second-order valence-corrected chi connectivity index (χ2v) is 5.62. The fourth-order valence-corrected chi connectivity index (χ4v) is 2.51. The molecule has 0 amide bonds. The molecule has 0 bridgehead atoms. The van der Waals surface area contributed by atoms with Crippen LogP contribution in [0.4, 0.5) is 14.5 Å². The lowest BCUT2D eigenvalue weighted by atomic mass is 10.1. The molecule has 6 nitrogen and oxygen atoms in total. The van der Waals surface area contributed by atoms with E-state index in [4.69, 9.17) is 4.74 Å². The minimum atomic E-state index is -0.985. The minimum absolute atomic E-state index is 0.128.